The van der Waals surface area contributed by atoms with Gasteiger partial charge in [-0.05, 0) is 35.0 Å². The Morgan fingerprint density at radius 2 is 1.44 bits per heavy atom. The minimum Gasteiger partial charge on any atom is -0.256 e. The number of benzene rings is 2. The van der Waals surface area contributed by atoms with E-state index in [1.54, 1.807) is 30.5 Å². The molecular formula is C13H10N2O. The molecule has 0 aliphatic heterocycles. The fraction of sp³-hybridized carbons (Fsp3) is 0. The maximum atomic E-state index is 10.2. The first kappa shape index (κ1) is 10.2. The second kappa shape index (κ2) is 4.98. The number of hydrogen-bond donors (Lipinski definition) is 0. The molecule has 0 N–H and O–H groups in total. The van der Waals surface area contributed by atoms with Crippen molar-refractivity contribution in [1.82, 2.24) is 0 Å². The van der Waals surface area contributed by atoms with Crippen molar-refractivity contribution in [3.8, 4) is 0 Å². The molecule has 3 nitrogen and oxygen atoms in total. The van der Waals surface area contributed by atoms with Crippen LogP contribution in [0.15, 0.2) is 64.8 Å². The summed E-state index contributed by atoms with van der Waals surface area (Å²) in [5.41, 5.74) is 2.26. The number of nitrogens with zero attached hydrogens (tertiary/aromatic N) is 2. The zero-order valence-electron chi connectivity index (χ0n) is 8.58. The molecule has 0 amide bonds. The molecule has 0 bridgehead atoms. The van der Waals surface area contributed by atoms with E-state index in [-0.39, 0.29) is 0 Å². The van der Waals surface area contributed by atoms with Crippen LogP contribution in [0.4, 0.5) is 11.4 Å². The minimum atomic E-state index is 0.415. The number of nitroso groups, excluding NO2 is 1. The smallest absolute Gasteiger partial charge is 0.108 e. The van der Waals surface area contributed by atoms with Crippen molar-refractivity contribution in [3.05, 3.63) is 65.1 Å². The molecule has 0 atom stereocenters. The summed E-state index contributed by atoms with van der Waals surface area (Å²) < 4.78 is 0. The lowest BCUT2D eigenvalue weighted by Gasteiger charge is -1.93. The first-order valence-electron chi connectivity index (χ1n) is 4.91. The van der Waals surface area contributed by atoms with E-state index in [1.165, 1.54) is 0 Å². The Balaban J connectivity index is 2.14. The van der Waals surface area contributed by atoms with E-state index >= 15 is 0 Å². The molecule has 2 aromatic rings. The van der Waals surface area contributed by atoms with Gasteiger partial charge in [0.2, 0.25) is 0 Å². The predicted molar refractivity (Wildman–Crippen MR) is 65.6 cm³/mol. The molecule has 0 aliphatic carbocycles. The van der Waals surface area contributed by atoms with Gasteiger partial charge < -0.3 is 0 Å². The van der Waals surface area contributed by atoms with Crippen LogP contribution in [0.3, 0.4) is 0 Å². The number of aliphatic imine (C=N–C) groups is 1. The molecule has 0 spiro atoms. The molecule has 16 heavy (non-hydrogen) atoms. The molecular weight excluding hydrogens is 200 g/mol. The van der Waals surface area contributed by atoms with Crippen molar-refractivity contribution in [2.45, 2.75) is 0 Å². The molecule has 0 radical (unpaired) electrons. The van der Waals surface area contributed by atoms with Crippen LogP contribution >= 0.6 is 0 Å². The summed E-state index contributed by atoms with van der Waals surface area (Å²) >= 11 is 0. The SMILES string of the molecule is O=Nc1ccc(N=Cc2ccccc2)cc1. The highest BCUT2D eigenvalue weighted by molar-refractivity contribution is 5.81. The second-order valence-corrected chi connectivity index (χ2v) is 3.28. The summed E-state index contributed by atoms with van der Waals surface area (Å²) in [7, 11) is 0. The molecule has 0 fully saturated rings. The van der Waals surface area contributed by atoms with Crippen molar-refractivity contribution in [2.24, 2.45) is 10.2 Å². The number of rotatable bonds is 3. The van der Waals surface area contributed by atoms with Gasteiger partial charge in [-0.2, -0.15) is 0 Å². The van der Waals surface area contributed by atoms with Crippen molar-refractivity contribution in [3.63, 3.8) is 0 Å². The normalized spacial score (nSPS) is 10.5. The van der Waals surface area contributed by atoms with Crippen LogP contribution in [0.5, 0.6) is 0 Å². The summed E-state index contributed by atoms with van der Waals surface area (Å²) in [6.07, 6.45) is 1.78. The standard InChI is InChI=1S/C13H10N2O/c16-15-13-8-6-12(7-9-13)14-10-11-4-2-1-3-5-11/h1-10H. The van der Waals surface area contributed by atoms with Crippen LogP contribution in [0.25, 0.3) is 0 Å². The lowest BCUT2D eigenvalue weighted by atomic mass is 10.2. The molecule has 2 aromatic carbocycles. The molecule has 0 aliphatic rings. The molecule has 2 rings (SSSR count). The minimum absolute atomic E-state index is 0.415. The van der Waals surface area contributed by atoms with Crippen LogP contribution in [-0.4, -0.2) is 6.21 Å². The first-order chi connectivity index (χ1) is 7.88. The Kier molecular flexibility index (Phi) is 3.18. The zero-order valence-corrected chi connectivity index (χ0v) is 8.58. The van der Waals surface area contributed by atoms with Crippen LogP contribution in [-0.2, 0) is 0 Å². The van der Waals surface area contributed by atoms with Gasteiger partial charge in [-0.1, -0.05) is 30.3 Å². The van der Waals surface area contributed by atoms with Gasteiger partial charge in [-0.15, -0.1) is 4.91 Å². The quantitative estimate of drug-likeness (QED) is 0.560. The first-order valence-corrected chi connectivity index (χ1v) is 4.91. The van der Waals surface area contributed by atoms with Gasteiger partial charge in [0.15, 0.2) is 0 Å². The van der Waals surface area contributed by atoms with Gasteiger partial charge in [0.1, 0.15) is 5.69 Å². The third-order valence-corrected chi connectivity index (χ3v) is 2.12. The predicted octanol–water partition coefficient (Wildman–Crippen LogP) is 3.84. The van der Waals surface area contributed by atoms with Gasteiger partial charge in [0.25, 0.3) is 0 Å². The van der Waals surface area contributed by atoms with E-state index in [0.29, 0.717) is 5.69 Å². The molecule has 0 unspecified atom stereocenters. The highest BCUT2D eigenvalue weighted by Crippen LogP contribution is 2.17. The zero-order chi connectivity index (χ0) is 11.2. The Morgan fingerprint density at radius 1 is 0.812 bits per heavy atom. The van der Waals surface area contributed by atoms with Crippen LogP contribution < -0.4 is 0 Å². The summed E-state index contributed by atoms with van der Waals surface area (Å²) in [5, 5.41) is 2.83. The van der Waals surface area contributed by atoms with Crippen LogP contribution in [0.2, 0.25) is 0 Å². The second-order valence-electron chi connectivity index (χ2n) is 3.28. The fourth-order valence-electron chi connectivity index (χ4n) is 1.29. The molecule has 0 saturated heterocycles. The van der Waals surface area contributed by atoms with E-state index in [4.69, 9.17) is 0 Å². The summed E-state index contributed by atoms with van der Waals surface area (Å²) in [4.78, 5) is 14.5. The van der Waals surface area contributed by atoms with E-state index in [1.807, 2.05) is 30.3 Å². The summed E-state index contributed by atoms with van der Waals surface area (Å²) in [6.45, 7) is 0. The molecule has 0 saturated carbocycles. The average Bonchev–Trinajstić information content (AvgIpc) is 2.38. The van der Waals surface area contributed by atoms with E-state index < -0.39 is 0 Å². The van der Waals surface area contributed by atoms with E-state index in [9.17, 15) is 4.91 Å². The highest BCUT2D eigenvalue weighted by Gasteiger charge is 1.91. The summed E-state index contributed by atoms with van der Waals surface area (Å²) in [6, 6.07) is 16.6. The molecule has 0 aromatic heterocycles. The lowest BCUT2D eigenvalue weighted by Crippen LogP contribution is -1.77. The van der Waals surface area contributed by atoms with Crippen molar-refractivity contribution in [1.29, 1.82) is 0 Å². The Bertz CT molecular complexity index is 489. The van der Waals surface area contributed by atoms with Gasteiger partial charge in [-0.3, -0.25) is 4.99 Å². The number of hydrogen-bond acceptors (Lipinski definition) is 3. The van der Waals surface area contributed by atoms with Gasteiger partial charge in [-0.25, -0.2) is 0 Å². The largest absolute Gasteiger partial charge is 0.256 e. The van der Waals surface area contributed by atoms with Crippen LogP contribution in [0, 0.1) is 4.91 Å². The maximum absolute atomic E-state index is 10.2. The van der Waals surface area contributed by atoms with E-state index in [0.717, 1.165) is 11.3 Å². The Hall–Kier alpha value is -2.29. The Labute approximate surface area is 93.4 Å². The highest BCUT2D eigenvalue weighted by atomic mass is 16.3. The molecule has 0 heterocycles. The van der Waals surface area contributed by atoms with Crippen molar-refractivity contribution >= 4 is 17.6 Å². The van der Waals surface area contributed by atoms with Gasteiger partial charge >= 0.3 is 0 Å². The Morgan fingerprint density at radius 3 is 2.06 bits per heavy atom. The van der Waals surface area contributed by atoms with Gasteiger partial charge in [0.05, 0.1) is 5.69 Å². The average molecular weight is 210 g/mol. The fourth-order valence-corrected chi connectivity index (χ4v) is 1.29. The van der Waals surface area contributed by atoms with Crippen LogP contribution in [0.1, 0.15) is 5.56 Å². The third-order valence-electron chi connectivity index (χ3n) is 2.12. The van der Waals surface area contributed by atoms with Gasteiger partial charge in [0, 0.05) is 6.21 Å². The van der Waals surface area contributed by atoms with E-state index in [2.05, 4.69) is 10.2 Å². The van der Waals surface area contributed by atoms with Crippen molar-refractivity contribution < 1.29 is 0 Å². The lowest BCUT2D eigenvalue weighted by molar-refractivity contribution is 1.46. The monoisotopic (exact) mass is 210 g/mol. The maximum Gasteiger partial charge on any atom is 0.108 e. The third kappa shape index (κ3) is 2.60. The summed E-state index contributed by atoms with van der Waals surface area (Å²) in [5.74, 6) is 0. The van der Waals surface area contributed by atoms with Crippen molar-refractivity contribution in [2.75, 3.05) is 0 Å². The molecule has 78 valence electrons. The molecule has 3 heteroatoms. The topological polar surface area (TPSA) is 41.8 Å².